The number of carbonyl (C=O) groups is 3. The number of hydrogen-bond acceptors (Lipinski definition) is 11. The second kappa shape index (κ2) is 12.5. The molecule has 1 aliphatic rings. The summed E-state index contributed by atoms with van der Waals surface area (Å²) in [5.41, 5.74) is 0. The summed E-state index contributed by atoms with van der Waals surface area (Å²) in [6, 6.07) is 16.1. The molecule has 0 unspecified atom stereocenters. The van der Waals surface area contributed by atoms with E-state index in [0.29, 0.717) is 0 Å². The van der Waals surface area contributed by atoms with Crippen molar-refractivity contribution in [3.8, 4) is 11.5 Å². The summed E-state index contributed by atoms with van der Waals surface area (Å²) in [6.07, 6.45) is -7.26. The van der Waals surface area contributed by atoms with E-state index in [4.69, 9.17) is 33.9 Å². The fourth-order valence-electron chi connectivity index (χ4n) is 3.21. The van der Waals surface area contributed by atoms with Gasteiger partial charge in [-0.25, -0.2) is 9.09 Å². The molecule has 0 aliphatic carbocycles. The van der Waals surface area contributed by atoms with Crippen LogP contribution in [0.5, 0.6) is 11.5 Å². The van der Waals surface area contributed by atoms with E-state index in [1.165, 1.54) is 24.3 Å². The molecule has 1 saturated heterocycles. The number of hydrogen-bond donors (Lipinski definition) is 0. The maximum absolute atomic E-state index is 13.8. The van der Waals surface area contributed by atoms with E-state index < -0.39 is 63.3 Å². The molecule has 0 spiro atoms. The maximum atomic E-state index is 13.8. The van der Waals surface area contributed by atoms with E-state index in [-0.39, 0.29) is 11.5 Å². The minimum absolute atomic E-state index is 0.143. The average molecular weight is 523 g/mol. The average Bonchev–Trinajstić information content (AvgIpc) is 2.83. The van der Waals surface area contributed by atoms with E-state index in [2.05, 4.69) is 0 Å². The number of carbonyl (C=O) groups excluding carboxylic acids is 3. The van der Waals surface area contributed by atoms with Gasteiger partial charge < -0.3 is 28.0 Å². The van der Waals surface area contributed by atoms with Crippen molar-refractivity contribution in [1.29, 1.82) is 0 Å². The third-order valence-corrected chi connectivity index (χ3v) is 5.89. The predicted molar refractivity (Wildman–Crippen MR) is 124 cm³/mol. The van der Waals surface area contributed by atoms with Gasteiger partial charge in [0.25, 0.3) is 0 Å². The fourth-order valence-corrected chi connectivity index (χ4v) is 4.46. The number of ether oxygens (including phenoxy) is 4. The van der Waals surface area contributed by atoms with E-state index in [1.54, 1.807) is 36.4 Å². The van der Waals surface area contributed by atoms with Crippen LogP contribution >= 0.6 is 7.82 Å². The van der Waals surface area contributed by atoms with E-state index >= 15 is 0 Å². The molecule has 36 heavy (non-hydrogen) atoms. The second-order valence-corrected chi connectivity index (χ2v) is 9.02. The highest BCUT2D eigenvalue weighted by atomic mass is 31.2. The Morgan fingerprint density at radius 3 is 1.89 bits per heavy atom. The monoisotopic (exact) mass is 523 g/mol. The zero-order valence-corrected chi connectivity index (χ0v) is 20.7. The standard InChI is InChI=1S/C24H27O11P/c1-16(25)29-15-22-24(31-18(3)27)21(30-17(2)26)14-23(32-22)35-36(28,33-19-10-6-4-7-11-19)34-20-12-8-5-9-13-20/h4-13,21-24H,14-15H2,1-3H3/t21-,22-,23-,24+/m1/s1/i14D/t14-,21+,22+,23+,24-/m0. The Bertz CT molecular complexity index is 1070. The zero-order chi connectivity index (χ0) is 27.0. The fraction of sp³-hybridized carbons (Fsp3) is 0.375. The summed E-state index contributed by atoms with van der Waals surface area (Å²) < 4.78 is 60.5. The van der Waals surface area contributed by atoms with Crippen LogP contribution in [0.1, 0.15) is 28.5 Å². The Labute approximate surface area is 209 Å². The minimum Gasteiger partial charge on any atom is -0.463 e. The third-order valence-electron chi connectivity index (χ3n) is 4.55. The molecule has 5 atom stereocenters. The SMILES string of the molecule is [2H][C@@H]1[C@@H](OP(=O)(Oc2ccccc2)Oc2ccccc2)O[C@H](COC(C)=O)[C@@H](OC(C)=O)[C@@H]1OC(C)=O. The number of benzene rings is 2. The van der Waals surface area contributed by atoms with Crippen molar-refractivity contribution in [2.24, 2.45) is 0 Å². The quantitative estimate of drug-likeness (QED) is 0.256. The van der Waals surface area contributed by atoms with Crippen LogP contribution in [0.25, 0.3) is 0 Å². The molecule has 0 saturated carbocycles. The molecule has 0 bridgehead atoms. The van der Waals surface area contributed by atoms with Crippen LogP contribution in [-0.4, -0.2) is 49.1 Å². The normalized spacial score (nSPS) is 24.1. The molecule has 2 aromatic rings. The van der Waals surface area contributed by atoms with Crippen molar-refractivity contribution in [3.63, 3.8) is 0 Å². The smallest absolute Gasteiger partial charge is 0.463 e. The Morgan fingerprint density at radius 1 is 0.889 bits per heavy atom. The molecule has 194 valence electrons. The van der Waals surface area contributed by atoms with Crippen molar-refractivity contribution in [2.45, 2.75) is 51.8 Å². The number of phosphoric acid groups is 1. The number of phosphoric ester groups is 1. The minimum atomic E-state index is -4.54. The first-order chi connectivity index (χ1) is 17.6. The number of rotatable bonds is 10. The van der Waals surface area contributed by atoms with Crippen LogP contribution in [-0.2, 0) is 42.4 Å². The van der Waals surface area contributed by atoms with E-state index in [1.807, 2.05) is 0 Å². The molecule has 2 aromatic carbocycles. The van der Waals surface area contributed by atoms with Crippen LogP contribution in [0.2, 0.25) is 0 Å². The Balaban J connectivity index is 1.94. The van der Waals surface area contributed by atoms with E-state index in [0.717, 1.165) is 20.8 Å². The van der Waals surface area contributed by atoms with Gasteiger partial charge in [0.1, 0.15) is 30.3 Å². The summed E-state index contributed by atoms with van der Waals surface area (Å²) >= 11 is 0. The maximum Gasteiger partial charge on any atom is 0.589 e. The largest absolute Gasteiger partial charge is 0.589 e. The molecular weight excluding hydrogens is 495 g/mol. The van der Waals surface area contributed by atoms with Crippen LogP contribution in [0.15, 0.2) is 60.7 Å². The van der Waals surface area contributed by atoms with Gasteiger partial charge in [-0.3, -0.25) is 14.4 Å². The van der Waals surface area contributed by atoms with E-state index in [9.17, 15) is 18.9 Å². The van der Waals surface area contributed by atoms with Crippen LogP contribution in [0.3, 0.4) is 0 Å². The Kier molecular flexibility index (Phi) is 8.94. The topological polar surface area (TPSA) is 133 Å². The van der Waals surface area contributed by atoms with Gasteiger partial charge in [-0.2, -0.15) is 0 Å². The van der Waals surface area contributed by atoms with Gasteiger partial charge in [0.15, 0.2) is 12.4 Å². The van der Waals surface area contributed by atoms with Gasteiger partial charge in [-0.1, -0.05) is 36.4 Å². The molecular formula is C24H27O11P. The van der Waals surface area contributed by atoms with Crippen molar-refractivity contribution >= 4 is 25.7 Å². The molecule has 12 heteroatoms. The second-order valence-electron chi connectivity index (χ2n) is 7.55. The molecule has 0 radical (unpaired) electrons. The highest BCUT2D eigenvalue weighted by Crippen LogP contribution is 2.52. The van der Waals surface area contributed by atoms with Gasteiger partial charge >= 0.3 is 25.7 Å². The lowest BCUT2D eigenvalue weighted by atomic mass is 10.0. The van der Waals surface area contributed by atoms with Crippen molar-refractivity contribution < 1.29 is 52.8 Å². The molecule has 3 rings (SSSR count). The lowest BCUT2D eigenvalue weighted by Crippen LogP contribution is -2.54. The van der Waals surface area contributed by atoms with Gasteiger partial charge in [0, 0.05) is 28.5 Å². The molecule has 1 aliphatic heterocycles. The molecule has 0 N–H and O–H groups in total. The third kappa shape index (κ3) is 8.37. The number of esters is 3. The van der Waals surface area contributed by atoms with Crippen molar-refractivity contribution in [1.82, 2.24) is 0 Å². The lowest BCUT2D eigenvalue weighted by Gasteiger charge is -2.40. The summed E-state index contributed by atoms with van der Waals surface area (Å²) in [4.78, 5) is 35.0. The lowest BCUT2D eigenvalue weighted by molar-refractivity contribution is -0.248. The summed E-state index contributed by atoms with van der Waals surface area (Å²) in [5.74, 6) is -1.91. The van der Waals surface area contributed by atoms with Gasteiger partial charge in [0.05, 0.1) is 0 Å². The summed E-state index contributed by atoms with van der Waals surface area (Å²) in [5, 5.41) is 0. The zero-order valence-electron chi connectivity index (χ0n) is 20.8. The van der Waals surface area contributed by atoms with Gasteiger partial charge in [0.2, 0.25) is 0 Å². The van der Waals surface area contributed by atoms with Crippen LogP contribution in [0, 0.1) is 0 Å². The van der Waals surface area contributed by atoms with Crippen LogP contribution in [0.4, 0.5) is 0 Å². The van der Waals surface area contributed by atoms with Gasteiger partial charge in [-0.15, -0.1) is 0 Å². The molecule has 1 fully saturated rings. The molecule has 0 aromatic heterocycles. The number of para-hydroxylation sites is 2. The first-order valence-electron chi connectivity index (χ1n) is 11.5. The predicted octanol–water partition coefficient (Wildman–Crippen LogP) is 3.81. The Morgan fingerprint density at radius 2 is 1.42 bits per heavy atom. The van der Waals surface area contributed by atoms with Crippen molar-refractivity contribution in [2.75, 3.05) is 6.61 Å². The van der Waals surface area contributed by atoms with Crippen LogP contribution < -0.4 is 9.05 Å². The highest BCUT2D eigenvalue weighted by Gasteiger charge is 2.47. The Hall–Kier alpha value is -3.40. The van der Waals surface area contributed by atoms with Gasteiger partial charge in [-0.05, 0) is 24.3 Å². The molecule has 11 nitrogen and oxygen atoms in total. The summed E-state index contributed by atoms with van der Waals surface area (Å²) in [6.45, 7) is 2.93. The highest BCUT2D eigenvalue weighted by molar-refractivity contribution is 7.49. The molecule has 0 amide bonds. The summed E-state index contributed by atoms with van der Waals surface area (Å²) in [7, 11) is -4.54. The first-order valence-corrected chi connectivity index (χ1v) is 12.4. The first kappa shape index (κ1) is 25.7. The van der Waals surface area contributed by atoms with Crippen molar-refractivity contribution in [3.05, 3.63) is 60.7 Å². The molecule has 1 heterocycles.